The van der Waals surface area contributed by atoms with Gasteiger partial charge >= 0.3 is 0 Å². The van der Waals surface area contributed by atoms with Crippen LogP contribution in [-0.2, 0) is 11.3 Å². The predicted octanol–water partition coefficient (Wildman–Crippen LogP) is 3.32. The van der Waals surface area contributed by atoms with Gasteiger partial charge in [-0.05, 0) is 24.3 Å². The van der Waals surface area contributed by atoms with Gasteiger partial charge in [0.25, 0.3) is 0 Å². The number of ether oxygens (including phenoxy) is 1. The molecule has 3 nitrogen and oxygen atoms in total. The van der Waals surface area contributed by atoms with E-state index in [1.807, 2.05) is 30.3 Å². The van der Waals surface area contributed by atoms with E-state index < -0.39 is 0 Å². The summed E-state index contributed by atoms with van der Waals surface area (Å²) in [6.45, 7) is 0.431. The van der Waals surface area contributed by atoms with Gasteiger partial charge < -0.3 is 9.15 Å². The van der Waals surface area contributed by atoms with Crippen LogP contribution >= 0.6 is 0 Å². The van der Waals surface area contributed by atoms with E-state index in [1.165, 1.54) is 6.08 Å². The summed E-state index contributed by atoms with van der Waals surface area (Å²) >= 11 is 0. The summed E-state index contributed by atoms with van der Waals surface area (Å²) in [7, 11) is 1.61. The molecule has 0 fully saturated rings. The molecule has 0 aliphatic carbocycles. The lowest BCUT2D eigenvalue weighted by molar-refractivity contribution is 0.104. The zero-order valence-corrected chi connectivity index (χ0v) is 10.1. The van der Waals surface area contributed by atoms with E-state index in [0.29, 0.717) is 17.9 Å². The Bertz CT molecular complexity index is 538. The van der Waals surface area contributed by atoms with Crippen molar-refractivity contribution >= 4 is 11.9 Å². The molecule has 0 spiro atoms. The number of furan rings is 1. The summed E-state index contributed by atoms with van der Waals surface area (Å²) in [5.41, 5.74) is 0.664. The Hall–Kier alpha value is -2.13. The van der Waals surface area contributed by atoms with Crippen LogP contribution in [0.3, 0.4) is 0 Å². The lowest BCUT2D eigenvalue weighted by Gasteiger charge is -1.93. The number of carbonyl (C=O) groups excluding carboxylic acids is 1. The molecular weight excluding hydrogens is 228 g/mol. The monoisotopic (exact) mass is 242 g/mol. The molecule has 92 valence electrons. The molecule has 1 aromatic heterocycles. The lowest BCUT2D eigenvalue weighted by atomic mass is 10.1. The SMILES string of the molecule is COCc1ccc(/C=C/C(=O)c2ccccc2)o1. The molecule has 18 heavy (non-hydrogen) atoms. The number of hydrogen-bond acceptors (Lipinski definition) is 3. The number of rotatable bonds is 5. The van der Waals surface area contributed by atoms with Crippen LogP contribution < -0.4 is 0 Å². The molecule has 0 saturated heterocycles. The van der Waals surface area contributed by atoms with E-state index in [9.17, 15) is 4.79 Å². The molecule has 0 radical (unpaired) electrons. The molecule has 1 heterocycles. The van der Waals surface area contributed by atoms with E-state index in [2.05, 4.69) is 0 Å². The first-order valence-electron chi connectivity index (χ1n) is 5.64. The second-order valence-corrected chi connectivity index (χ2v) is 3.80. The van der Waals surface area contributed by atoms with E-state index in [0.717, 1.165) is 5.76 Å². The van der Waals surface area contributed by atoms with Gasteiger partial charge in [0.1, 0.15) is 18.1 Å². The molecule has 2 aromatic rings. The van der Waals surface area contributed by atoms with Crippen molar-refractivity contribution in [1.29, 1.82) is 0 Å². The maximum Gasteiger partial charge on any atom is 0.185 e. The molecule has 0 amide bonds. The Balaban J connectivity index is 2.04. The minimum atomic E-state index is -0.0414. The van der Waals surface area contributed by atoms with Gasteiger partial charge in [-0.25, -0.2) is 0 Å². The highest BCUT2D eigenvalue weighted by Gasteiger charge is 2.01. The van der Waals surface area contributed by atoms with Crippen molar-refractivity contribution in [2.45, 2.75) is 6.61 Å². The van der Waals surface area contributed by atoms with Gasteiger partial charge in [-0.2, -0.15) is 0 Å². The van der Waals surface area contributed by atoms with E-state index in [4.69, 9.17) is 9.15 Å². The highest BCUT2D eigenvalue weighted by Crippen LogP contribution is 2.11. The van der Waals surface area contributed by atoms with Gasteiger partial charge in [0.2, 0.25) is 0 Å². The Kier molecular flexibility index (Phi) is 4.10. The van der Waals surface area contributed by atoms with Crippen molar-refractivity contribution in [3.8, 4) is 0 Å². The Morgan fingerprint density at radius 2 is 2.00 bits per heavy atom. The smallest absolute Gasteiger partial charge is 0.185 e. The quantitative estimate of drug-likeness (QED) is 0.596. The van der Waals surface area contributed by atoms with E-state index in [-0.39, 0.29) is 5.78 Å². The van der Waals surface area contributed by atoms with Gasteiger partial charge in [0.05, 0.1) is 0 Å². The van der Waals surface area contributed by atoms with Crippen LogP contribution in [-0.4, -0.2) is 12.9 Å². The van der Waals surface area contributed by atoms with Crippen LogP contribution in [0.1, 0.15) is 21.9 Å². The van der Waals surface area contributed by atoms with Crippen LogP contribution in [0.25, 0.3) is 6.08 Å². The predicted molar refractivity (Wildman–Crippen MR) is 69.2 cm³/mol. The average Bonchev–Trinajstić information content (AvgIpc) is 2.85. The fourth-order valence-electron chi connectivity index (χ4n) is 1.56. The molecule has 0 saturated carbocycles. The van der Waals surface area contributed by atoms with E-state index in [1.54, 1.807) is 25.3 Å². The first-order chi connectivity index (χ1) is 8.79. The maximum absolute atomic E-state index is 11.8. The van der Waals surface area contributed by atoms with Crippen LogP contribution in [0.5, 0.6) is 0 Å². The molecular formula is C15H14O3. The first kappa shape index (κ1) is 12.3. The van der Waals surface area contributed by atoms with Gasteiger partial charge in [0, 0.05) is 12.7 Å². The summed E-state index contributed by atoms with van der Waals surface area (Å²) in [6, 6.07) is 12.8. The number of ketones is 1. The fourth-order valence-corrected chi connectivity index (χ4v) is 1.56. The fraction of sp³-hybridized carbons (Fsp3) is 0.133. The highest BCUT2D eigenvalue weighted by molar-refractivity contribution is 6.06. The third-order valence-corrected chi connectivity index (χ3v) is 2.43. The number of allylic oxidation sites excluding steroid dienone is 1. The standard InChI is InChI=1S/C15H14O3/c1-17-11-14-8-7-13(18-14)9-10-15(16)12-5-3-2-4-6-12/h2-10H,11H2,1H3/b10-9+. The van der Waals surface area contributed by atoms with Crippen molar-refractivity contribution in [2.75, 3.05) is 7.11 Å². The second-order valence-electron chi connectivity index (χ2n) is 3.80. The second kappa shape index (κ2) is 5.98. The molecule has 0 atom stereocenters. The Labute approximate surface area is 106 Å². The molecule has 0 aliphatic rings. The van der Waals surface area contributed by atoms with Crippen LogP contribution in [0.4, 0.5) is 0 Å². The van der Waals surface area contributed by atoms with Crippen LogP contribution in [0, 0.1) is 0 Å². The van der Waals surface area contributed by atoms with Crippen molar-refractivity contribution in [1.82, 2.24) is 0 Å². The highest BCUT2D eigenvalue weighted by atomic mass is 16.5. The Morgan fingerprint density at radius 3 is 2.72 bits per heavy atom. The summed E-state index contributed by atoms with van der Waals surface area (Å²) in [5.74, 6) is 1.34. The van der Waals surface area contributed by atoms with Crippen molar-refractivity contribution < 1.29 is 13.9 Å². The number of hydrogen-bond donors (Lipinski definition) is 0. The summed E-state index contributed by atoms with van der Waals surface area (Å²) in [4.78, 5) is 11.8. The summed E-state index contributed by atoms with van der Waals surface area (Å²) in [5, 5.41) is 0. The lowest BCUT2D eigenvalue weighted by Crippen LogP contribution is -1.92. The third kappa shape index (κ3) is 3.18. The van der Waals surface area contributed by atoms with Gasteiger partial charge in [-0.3, -0.25) is 4.79 Å². The zero-order valence-electron chi connectivity index (χ0n) is 10.1. The van der Waals surface area contributed by atoms with Gasteiger partial charge in [-0.15, -0.1) is 0 Å². The molecule has 0 N–H and O–H groups in total. The summed E-state index contributed by atoms with van der Waals surface area (Å²) < 4.78 is 10.4. The molecule has 1 aromatic carbocycles. The average molecular weight is 242 g/mol. The largest absolute Gasteiger partial charge is 0.459 e. The number of carbonyl (C=O) groups is 1. The topological polar surface area (TPSA) is 39.4 Å². The Morgan fingerprint density at radius 1 is 1.22 bits per heavy atom. The van der Waals surface area contributed by atoms with Crippen LogP contribution in [0.2, 0.25) is 0 Å². The van der Waals surface area contributed by atoms with Gasteiger partial charge in [0.15, 0.2) is 5.78 Å². The van der Waals surface area contributed by atoms with E-state index >= 15 is 0 Å². The molecule has 2 rings (SSSR count). The van der Waals surface area contributed by atoms with Crippen molar-refractivity contribution in [3.05, 3.63) is 65.6 Å². The van der Waals surface area contributed by atoms with Crippen LogP contribution in [0.15, 0.2) is 53.0 Å². The van der Waals surface area contributed by atoms with Crippen molar-refractivity contribution in [3.63, 3.8) is 0 Å². The molecule has 3 heteroatoms. The number of benzene rings is 1. The van der Waals surface area contributed by atoms with Crippen molar-refractivity contribution in [2.24, 2.45) is 0 Å². The normalized spacial score (nSPS) is 10.9. The number of methoxy groups -OCH3 is 1. The molecule has 0 bridgehead atoms. The van der Waals surface area contributed by atoms with Gasteiger partial charge in [-0.1, -0.05) is 30.3 Å². The third-order valence-electron chi connectivity index (χ3n) is 2.43. The minimum Gasteiger partial charge on any atom is -0.459 e. The molecule has 0 aliphatic heterocycles. The minimum absolute atomic E-state index is 0.0414. The first-order valence-corrected chi connectivity index (χ1v) is 5.64. The maximum atomic E-state index is 11.8. The summed E-state index contributed by atoms with van der Waals surface area (Å²) in [6.07, 6.45) is 3.17. The zero-order chi connectivity index (χ0) is 12.8. The molecule has 0 unspecified atom stereocenters.